The van der Waals surface area contributed by atoms with E-state index in [0.29, 0.717) is 17.6 Å². The van der Waals surface area contributed by atoms with Crippen LogP contribution in [0.15, 0.2) is 48.5 Å². The van der Waals surface area contributed by atoms with Gasteiger partial charge in [0.2, 0.25) is 5.91 Å². The van der Waals surface area contributed by atoms with Crippen molar-refractivity contribution in [2.24, 2.45) is 5.92 Å². The summed E-state index contributed by atoms with van der Waals surface area (Å²) in [6.45, 7) is 3.69. The third-order valence-corrected chi connectivity index (χ3v) is 4.79. The normalized spacial score (nSPS) is 20.1. The van der Waals surface area contributed by atoms with Crippen molar-refractivity contribution in [1.82, 2.24) is 5.32 Å². The van der Waals surface area contributed by atoms with Gasteiger partial charge in [0.25, 0.3) is 0 Å². The van der Waals surface area contributed by atoms with E-state index in [-0.39, 0.29) is 11.8 Å². The summed E-state index contributed by atoms with van der Waals surface area (Å²) in [4.78, 5) is 12.6. The van der Waals surface area contributed by atoms with Crippen LogP contribution in [0.3, 0.4) is 0 Å². The Morgan fingerprint density at radius 2 is 2.00 bits per heavy atom. The molecule has 2 atom stereocenters. The quantitative estimate of drug-likeness (QED) is 0.748. The van der Waals surface area contributed by atoms with Gasteiger partial charge in [0.1, 0.15) is 0 Å². The van der Waals surface area contributed by atoms with Gasteiger partial charge in [0, 0.05) is 23.5 Å². The highest BCUT2D eigenvalue weighted by atomic mass is 35.5. The van der Waals surface area contributed by atoms with Gasteiger partial charge in [0.05, 0.1) is 11.4 Å². The summed E-state index contributed by atoms with van der Waals surface area (Å²) in [5.41, 5.74) is 2.80. The van der Waals surface area contributed by atoms with Gasteiger partial charge >= 0.3 is 0 Å². The van der Waals surface area contributed by atoms with Gasteiger partial charge < -0.3 is 16.0 Å². The average Bonchev–Trinajstić information content (AvgIpc) is 2.62. The number of anilines is 2. The molecule has 4 nitrogen and oxygen atoms in total. The molecule has 25 heavy (non-hydrogen) atoms. The molecule has 0 aromatic heterocycles. The number of carbonyl (C=O) groups excluding carboxylic acids is 1. The Morgan fingerprint density at radius 3 is 2.76 bits per heavy atom. The Hall–Kier alpha value is -2.04. The standard InChI is InChI=1S/C20H24ClN3O/c1-14-11-16(9-10-22-14)20(25)24-19-12-17(21)7-8-18(19)23-13-15-5-3-2-4-6-15/h2-8,12,14,16,22-23H,9-11,13H2,1H3,(H,24,25)/t14-,16-/m0/s1. The van der Waals surface area contributed by atoms with E-state index in [0.717, 1.165) is 30.8 Å². The number of halogens is 1. The van der Waals surface area contributed by atoms with Crippen molar-refractivity contribution in [2.45, 2.75) is 32.4 Å². The number of hydrogen-bond acceptors (Lipinski definition) is 3. The van der Waals surface area contributed by atoms with Crippen LogP contribution in [0, 0.1) is 5.92 Å². The molecule has 132 valence electrons. The Morgan fingerprint density at radius 1 is 1.20 bits per heavy atom. The van der Waals surface area contributed by atoms with Crippen molar-refractivity contribution >= 4 is 28.9 Å². The van der Waals surface area contributed by atoms with Crippen molar-refractivity contribution < 1.29 is 4.79 Å². The van der Waals surface area contributed by atoms with Crippen LogP contribution in [0.4, 0.5) is 11.4 Å². The first kappa shape index (κ1) is 17.8. The highest BCUT2D eigenvalue weighted by Crippen LogP contribution is 2.28. The van der Waals surface area contributed by atoms with E-state index in [1.165, 1.54) is 5.56 Å². The van der Waals surface area contributed by atoms with Crippen molar-refractivity contribution in [3.63, 3.8) is 0 Å². The van der Waals surface area contributed by atoms with Crippen LogP contribution in [0.5, 0.6) is 0 Å². The highest BCUT2D eigenvalue weighted by Gasteiger charge is 2.25. The van der Waals surface area contributed by atoms with E-state index in [1.54, 1.807) is 6.07 Å². The SMILES string of the molecule is C[C@H]1C[C@@H](C(=O)Nc2cc(Cl)ccc2NCc2ccccc2)CCN1. The largest absolute Gasteiger partial charge is 0.379 e. The summed E-state index contributed by atoms with van der Waals surface area (Å²) in [6, 6.07) is 16.1. The van der Waals surface area contributed by atoms with Gasteiger partial charge in [-0.2, -0.15) is 0 Å². The van der Waals surface area contributed by atoms with E-state index in [4.69, 9.17) is 11.6 Å². The van der Waals surface area contributed by atoms with Crippen LogP contribution in [0.25, 0.3) is 0 Å². The fourth-order valence-corrected chi connectivity index (χ4v) is 3.34. The maximum absolute atomic E-state index is 12.6. The lowest BCUT2D eigenvalue weighted by molar-refractivity contribution is -0.120. The molecule has 0 aliphatic carbocycles. The predicted octanol–water partition coefficient (Wildman–Crippen LogP) is 4.28. The van der Waals surface area contributed by atoms with Crippen molar-refractivity contribution in [3.05, 3.63) is 59.1 Å². The number of amides is 1. The van der Waals surface area contributed by atoms with Crippen LogP contribution in [0.1, 0.15) is 25.3 Å². The third kappa shape index (κ3) is 4.97. The van der Waals surface area contributed by atoms with Crippen LogP contribution >= 0.6 is 11.6 Å². The van der Waals surface area contributed by atoms with Crippen LogP contribution in [-0.4, -0.2) is 18.5 Å². The molecular weight excluding hydrogens is 334 g/mol. The number of rotatable bonds is 5. The topological polar surface area (TPSA) is 53.2 Å². The molecule has 3 rings (SSSR count). The molecule has 2 aromatic rings. The Kier molecular flexibility index (Phi) is 5.95. The number of carbonyl (C=O) groups is 1. The van der Waals surface area contributed by atoms with Gasteiger partial charge in [-0.05, 0) is 50.1 Å². The van der Waals surface area contributed by atoms with E-state index in [1.807, 2.05) is 30.3 Å². The Labute approximate surface area is 154 Å². The van der Waals surface area contributed by atoms with Gasteiger partial charge in [0.15, 0.2) is 0 Å². The van der Waals surface area contributed by atoms with E-state index < -0.39 is 0 Å². The molecule has 0 bridgehead atoms. The number of hydrogen-bond donors (Lipinski definition) is 3. The fraction of sp³-hybridized carbons (Fsp3) is 0.350. The van der Waals surface area contributed by atoms with E-state index in [9.17, 15) is 4.79 Å². The Bertz CT molecular complexity index is 720. The van der Waals surface area contributed by atoms with Crippen molar-refractivity contribution in [2.75, 3.05) is 17.2 Å². The molecule has 5 heteroatoms. The molecule has 1 aliphatic rings. The van der Waals surface area contributed by atoms with Crippen LogP contribution in [-0.2, 0) is 11.3 Å². The predicted molar refractivity (Wildman–Crippen MR) is 104 cm³/mol. The van der Waals surface area contributed by atoms with Crippen molar-refractivity contribution in [1.29, 1.82) is 0 Å². The first-order chi connectivity index (χ1) is 12.1. The minimum atomic E-state index is 0.0391. The second-order valence-electron chi connectivity index (χ2n) is 6.59. The number of benzene rings is 2. The first-order valence-electron chi connectivity index (χ1n) is 8.73. The zero-order valence-corrected chi connectivity index (χ0v) is 15.1. The molecule has 0 unspecified atom stereocenters. The summed E-state index contributed by atoms with van der Waals surface area (Å²) in [5, 5.41) is 10.4. The molecular formula is C20H24ClN3O. The lowest BCUT2D eigenvalue weighted by Crippen LogP contribution is -2.40. The molecule has 0 spiro atoms. The minimum Gasteiger partial charge on any atom is -0.379 e. The summed E-state index contributed by atoms with van der Waals surface area (Å²) in [5.74, 6) is 0.107. The maximum atomic E-state index is 12.6. The van der Waals surface area contributed by atoms with E-state index >= 15 is 0 Å². The molecule has 1 amide bonds. The molecule has 1 saturated heterocycles. The van der Waals surface area contributed by atoms with Gasteiger partial charge in [-0.25, -0.2) is 0 Å². The Balaban J connectivity index is 1.69. The molecule has 0 radical (unpaired) electrons. The van der Waals surface area contributed by atoms with Gasteiger partial charge in [-0.3, -0.25) is 4.79 Å². The van der Waals surface area contributed by atoms with Gasteiger partial charge in [-0.15, -0.1) is 0 Å². The lowest BCUT2D eigenvalue weighted by atomic mass is 9.92. The molecule has 1 fully saturated rings. The molecule has 1 heterocycles. The van der Waals surface area contributed by atoms with Crippen molar-refractivity contribution in [3.8, 4) is 0 Å². The molecule has 0 saturated carbocycles. The first-order valence-corrected chi connectivity index (χ1v) is 9.11. The molecule has 3 N–H and O–H groups in total. The van der Waals surface area contributed by atoms with Crippen LogP contribution in [0.2, 0.25) is 5.02 Å². The number of nitrogens with one attached hydrogen (secondary N) is 3. The monoisotopic (exact) mass is 357 g/mol. The number of piperidine rings is 1. The van der Waals surface area contributed by atoms with Gasteiger partial charge in [-0.1, -0.05) is 41.9 Å². The van der Waals surface area contributed by atoms with Crippen LogP contribution < -0.4 is 16.0 Å². The second-order valence-corrected chi connectivity index (χ2v) is 7.03. The zero-order chi connectivity index (χ0) is 17.6. The molecule has 1 aliphatic heterocycles. The maximum Gasteiger partial charge on any atom is 0.227 e. The minimum absolute atomic E-state index is 0.0391. The smallest absolute Gasteiger partial charge is 0.227 e. The average molecular weight is 358 g/mol. The summed E-state index contributed by atoms with van der Waals surface area (Å²) >= 11 is 6.14. The van der Waals surface area contributed by atoms with E-state index in [2.05, 4.69) is 35.0 Å². The lowest BCUT2D eigenvalue weighted by Gasteiger charge is -2.27. The molecule has 2 aromatic carbocycles. The third-order valence-electron chi connectivity index (χ3n) is 4.56. The zero-order valence-electron chi connectivity index (χ0n) is 14.4. The summed E-state index contributed by atoms with van der Waals surface area (Å²) in [6.07, 6.45) is 1.72. The fourth-order valence-electron chi connectivity index (χ4n) is 3.17. The second kappa shape index (κ2) is 8.37. The summed E-state index contributed by atoms with van der Waals surface area (Å²) in [7, 11) is 0. The summed E-state index contributed by atoms with van der Waals surface area (Å²) < 4.78 is 0. The highest BCUT2D eigenvalue weighted by molar-refractivity contribution is 6.31.